The lowest BCUT2D eigenvalue weighted by Gasteiger charge is -2.43. The smallest absolute Gasteiger partial charge is 0.462 e. The number of phosphoric acid groups is 2. The van der Waals surface area contributed by atoms with Crippen LogP contribution in [0, 0.1) is 0 Å². The number of aliphatic hydroxyl groups is 5. The summed E-state index contributed by atoms with van der Waals surface area (Å²) in [5.41, 5.74) is 0. The zero-order valence-corrected chi connectivity index (χ0v) is 43.6. The lowest BCUT2D eigenvalue weighted by molar-refractivity contribution is -0.216. The number of ether oxygens (including phenoxy) is 2. The van der Waals surface area contributed by atoms with Crippen LogP contribution >= 0.6 is 15.6 Å². The predicted octanol–water partition coefficient (Wildman–Crippen LogP) is 9.37. The normalized spacial score (nSPS) is 22.0. The second kappa shape index (κ2) is 40.8. The molecule has 1 fully saturated rings. The van der Waals surface area contributed by atoms with E-state index in [4.69, 9.17) is 18.5 Å². The van der Waals surface area contributed by atoms with Gasteiger partial charge < -0.3 is 49.7 Å². The van der Waals surface area contributed by atoms with Crippen LogP contribution in [-0.4, -0.2) is 114 Å². The Morgan fingerprint density at radius 3 is 1.60 bits per heavy atom. The number of unbranched alkanes of at least 4 members (excludes halogenated alkanes) is 15. The molecule has 0 aromatic heterocycles. The monoisotopic (exact) mass is 1030 g/mol. The lowest BCUT2D eigenvalue weighted by Crippen LogP contribution is -2.64. The van der Waals surface area contributed by atoms with Gasteiger partial charge in [0, 0.05) is 12.8 Å². The van der Waals surface area contributed by atoms with Gasteiger partial charge in [-0.25, -0.2) is 9.13 Å². The third-order valence-electron chi connectivity index (χ3n) is 11.4. The number of aliphatic hydroxyl groups excluding tert-OH is 5. The molecule has 5 unspecified atom stereocenters. The van der Waals surface area contributed by atoms with Gasteiger partial charge in [-0.2, -0.15) is 0 Å². The number of phosphoric ester groups is 2. The maximum atomic E-state index is 13.0. The van der Waals surface area contributed by atoms with Gasteiger partial charge in [-0.1, -0.05) is 164 Å². The molecule has 9 atom stereocenters. The van der Waals surface area contributed by atoms with Gasteiger partial charge >= 0.3 is 27.6 Å². The summed E-state index contributed by atoms with van der Waals surface area (Å²) in [6, 6.07) is 0. The first-order valence-electron chi connectivity index (χ1n) is 25.6. The van der Waals surface area contributed by atoms with E-state index in [1.54, 1.807) is 6.08 Å². The summed E-state index contributed by atoms with van der Waals surface area (Å²) in [5.74, 6) is -1.31. The quantitative estimate of drug-likeness (QED) is 0.00929. The minimum atomic E-state index is -5.38. The first kappa shape index (κ1) is 65.4. The van der Waals surface area contributed by atoms with E-state index >= 15 is 0 Å². The van der Waals surface area contributed by atoms with E-state index in [0.29, 0.717) is 25.7 Å². The van der Waals surface area contributed by atoms with Gasteiger partial charge in [-0.05, 0) is 70.6 Å². The molecule has 1 rings (SSSR count). The van der Waals surface area contributed by atoms with Crippen molar-refractivity contribution in [2.24, 2.45) is 0 Å². The van der Waals surface area contributed by atoms with Gasteiger partial charge in [-0.3, -0.25) is 23.2 Å². The van der Waals surface area contributed by atoms with Gasteiger partial charge in [0.2, 0.25) is 0 Å². The number of esters is 2. The minimum Gasteiger partial charge on any atom is -0.462 e. The molecule has 0 aliphatic heterocycles. The zero-order chi connectivity index (χ0) is 51.9. The Morgan fingerprint density at radius 2 is 1.01 bits per heavy atom. The summed E-state index contributed by atoms with van der Waals surface area (Å²) >= 11 is 0. The SMILES string of the molecule is CCCCC/C=C\C/C=C\CCCCCCCCCCCC(=O)OC[C@H](COP(=O)(O)O[C@H]1C(O)C(O)C(O)[C@@H](OP(=O)(O)O)C1O)OC(=O)CCC/C=C\C/C=C\C/C=C\C=C\[C@@H](O)CCCCC. The molecule has 70 heavy (non-hydrogen) atoms. The molecule has 19 heteroatoms. The summed E-state index contributed by atoms with van der Waals surface area (Å²) < 4.78 is 49.4. The average Bonchev–Trinajstić information content (AvgIpc) is 3.31. The molecular weight excluding hydrogens is 946 g/mol. The fourth-order valence-electron chi connectivity index (χ4n) is 7.34. The standard InChI is InChI=1S/C51H88O17P2/c1-3-5-7-8-9-10-11-12-13-14-15-16-17-18-21-24-27-30-34-38-44(53)64-40-43(41-65-70(62,63)68-51-48(57)46(55)47(56)50(49(51)58)67-69(59,60)61)66-45(54)39-35-31-28-25-22-19-20-23-26-29-33-37-42(52)36-32-6-4-2/h9-10,12-13,19-20,25-26,28-29,33,37,42-43,46-52,55-58H,3-8,11,14-18,21-24,27,30-32,34-36,38-41H2,1-2H3,(H,62,63)(H2,59,60,61)/b10-9-,13-12-,20-19-,28-25-,29-26-,37-33+/t42-,43+,46?,47?,48?,49?,50+,51-/m0/s1. The van der Waals surface area contributed by atoms with Crippen molar-refractivity contribution in [1.29, 1.82) is 0 Å². The fourth-order valence-corrected chi connectivity index (χ4v) is 8.87. The van der Waals surface area contributed by atoms with Crippen LogP contribution in [0.1, 0.15) is 174 Å². The number of rotatable bonds is 42. The molecule has 1 aliphatic carbocycles. The molecule has 1 aliphatic rings. The van der Waals surface area contributed by atoms with Gasteiger partial charge in [-0.15, -0.1) is 0 Å². The second-order valence-corrected chi connectivity index (χ2v) is 20.3. The molecule has 0 heterocycles. The van der Waals surface area contributed by atoms with Gasteiger partial charge in [0.25, 0.3) is 0 Å². The molecule has 0 aromatic carbocycles. The van der Waals surface area contributed by atoms with E-state index in [0.717, 1.165) is 83.5 Å². The highest BCUT2D eigenvalue weighted by atomic mass is 31.2. The maximum absolute atomic E-state index is 13.0. The number of allylic oxidation sites excluding steroid dienone is 11. The Labute approximate surface area is 417 Å². The van der Waals surface area contributed by atoms with Crippen molar-refractivity contribution < 1.29 is 82.0 Å². The van der Waals surface area contributed by atoms with E-state index < -0.39 is 89.6 Å². The molecule has 0 saturated heterocycles. The van der Waals surface area contributed by atoms with Crippen LogP contribution in [0.2, 0.25) is 0 Å². The Morgan fingerprint density at radius 1 is 0.529 bits per heavy atom. The van der Waals surface area contributed by atoms with Crippen LogP contribution in [0.3, 0.4) is 0 Å². The van der Waals surface area contributed by atoms with E-state index in [1.807, 2.05) is 42.5 Å². The lowest BCUT2D eigenvalue weighted by atomic mass is 9.85. The van der Waals surface area contributed by atoms with E-state index in [1.165, 1.54) is 38.5 Å². The Balaban J connectivity index is 2.60. The maximum Gasteiger partial charge on any atom is 0.472 e. The van der Waals surface area contributed by atoms with E-state index in [9.17, 15) is 58.9 Å². The largest absolute Gasteiger partial charge is 0.472 e. The highest BCUT2D eigenvalue weighted by Crippen LogP contribution is 2.49. The summed E-state index contributed by atoms with van der Waals surface area (Å²) in [7, 11) is -10.7. The molecule has 0 spiro atoms. The van der Waals surface area contributed by atoms with Crippen LogP contribution in [0.5, 0.6) is 0 Å². The van der Waals surface area contributed by atoms with Crippen molar-refractivity contribution in [2.75, 3.05) is 13.2 Å². The molecule has 404 valence electrons. The Bertz CT molecular complexity index is 1640. The number of hydrogen-bond donors (Lipinski definition) is 8. The molecule has 0 amide bonds. The summed E-state index contributed by atoms with van der Waals surface area (Å²) in [6.07, 6.45) is 31.7. The van der Waals surface area contributed by atoms with Crippen LogP contribution in [-0.2, 0) is 41.8 Å². The first-order chi connectivity index (χ1) is 33.5. The molecule has 0 aromatic rings. The van der Waals surface area contributed by atoms with Crippen molar-refractivity contribution in [3.63, 3.8) is 0 Å². The van der Waals surface area contributed by atoms with Crippen molar-refractivity contribution in [3.8, 4) is 0 Å². The van der Waals surface area contributed by atoms with Crippen LogP contribution < -0.4 is 0 Å². The highest BCUT2D eigenvalue weighted by Gasteiger charge is 2.54. The van der Waals surface area contributed by atoms with E-state index in [-0.39, 0.29) is 12.8 Å². The average molecular weight is 1040 g/mol. The Hall–Kier alpha value is -2.60. The van der Waals surface area contributed by atoms with Crippen molar-refractivity contribution in [1.82, 2.24) is 0 Å². The van der Waals surface area contributed by atoms with Crippen LogP contribution in [0.15, 0.2) is 72.9 Å². The van der Waals surface area contributed by atoms with E-state index in [2.05, 4.69) is 42.7 Å². The van der Waals surface area contributed by atoms with Crippen LogP contribution in [0.4, 0.5) is 0 Å². The van der Waals surface area contributed by atoms with Gasteiger partial charge in [0.1, 0.15) is 43.2 Å². The molecule has 1 saturated carbocycles. The summed E-state index contributed by atoms with van der Waals surface area (Å²) in [6.45, 7) is 2.92. The number of hydrogen-bond acceptors (Lipinski definition) is 14. The highest BCUT2D eigenvalue weighted by molar-refractivity contribution is 7.47. The summed E-state index contributed by atoms with van der Waals surface area (Å²) in [5, 5.41) is 51.2. The first-order valence-corrected chi connectivity index (χ1v) is 28.6. The summed E-state index contributed by atoms with van der Waals surface area (Å²) in [4.78, 5) is 54.4. The zero-order valence-electron chi connectivity index (χ0n) is 41.8. The number of carbonyl (C=O) groups is 2. The van der Waals surface area contributed by atoms with Gasteiger partial charge in [0.05, 0.1) is 12.7 Å². The Kier molecular flexibility index (Phi) is 38.2. The number of carbonyl (C=O) groups excluding carboxylic acids is 2. The molecule has 8 N–H and O–H groups in total. The van der Waals surface area contributed by atoms with Crippen molar-refractivity contribution in [3.05, 3.63) is 72.9 Å². The molecule has 0 radical (unpaired) electrons. The third kappa shape index (κ3) is 34.7. The van der Waals surface area contributed by atoms with Crippen LogP contribution in [0.25, 0.3) is 0 Å². The second-order valence-electron chi connectivity index (χ2n) is 17.7. The molecule has 17 nitrogen and oxygen atoms in total. The molecule has 0 bridgehead atoms. The van der Waals surface area contributed by atoms with Gasteiger partial charge in [0.15, 0.2) is 6.10 Å². The minimum absolute atomic E-state index is 0.0557. The topological polar surface area (TPSA) is 276 Å². The van der Waals surface area contributed by atoms with Crippen molar-refractivity contribution >= 4 is 27.6 Å². The van der Waals surface area contributed by atoms with Crippen molar-refractivity contribution in [2.45, 2.75) is 223 Å². The third-order valence-corrected chi connectivity index (χ3v) is 12.9. The predicted molar refractivity (Wildman–Crippen MR) is 270 cm³/mol. The fraction of sp³-hybridized carbons (Fsp3) is 0.725. The molecular formula is C51H88O17P2.